The van der Waals surface area contributed by atoms with Crippen LogP contribution >= 0.6 is 11.8 Å². The van der Waals surface area contributed by atoms with Gasteiger partial charge in [0.15, 0.2) is 5.17 Å². The molecule has 6 nitrogen and oxygen atoms in total. The second kappa shape index (κ2) is 7.59. The van der Waals surface area contributed by atoms with Crippen LogP contribution in [0.1, 0.15) is 20.8 Å². The van der Waals surface area contributed by atoms with Crippen molar-refractivity contribution in [3.8, 4) is 0 Å². The summed E-state index contributed by atoms with van der Waals surface area (Å²) in [5.74, 6) is 0. The molecule has 0 aromatic rings. The minimum atomic E-state index is -0.232. The number of amidine groups is 1. The first-order valence-corrected chi connectivity index (χ1v) is 7.74. The number of hydrogen-bond donors (Lipinski definition) is 1. The first kappa shape index (κ1) is 16.1. The molecule has 1 aliphatic rings. The molecule has 0 saturated carbocycles. The molecule has 1 amide bonds. The van der Waals surface area contributed by atoms with Crippen molar-refractivity contribution in [1.29, 1.82) is 0 Å². The fourth-order valence-electron chi connectivity index (χ4n) is 1.79. The van der Waals surface area contributed by atoms with Gasteiger partial charge in [0.25, 0.3) is 0 Å². The number of rotatable bonds is 2. The second-order valence-corrected chi connectivity index (χ2v) is 5.54. The van der Waals surface area contributed by atoms with Crippen LogP contribution in [-0.4, -0.2) is 65.8 Å². The summed E-state index contributed by atoms with van der Waals surface area (Å²) in [6.45, 7) is 8.41. The largest absolute Gasteiger partial charge is 0.447 e. The smallest absolute Gasteiger partial charge is 0.410 e. The van der Waals surface area contributed by atoms with Crippen LogP contribution < -0.4 is 5.73 Å². The summed E-state index contributed by atoms with van der Waals surface area (Å²) in [6.07, 6.45) is 1.48. The molecule has 0 aliphatic carbocycles. The molecule has 1 fully saturated rings. The second-order valence-electron chi connectivity index (χ2n) is 4.76. The molecular weight excluding hydrogens is 264 g/mol. The van der Waals surface area contributed by atoms with Gasteiger partial charge in [0.05, 0.1) is 12.3 Å². The molecule has 1 atom stereocenters. The van der Waals surface area contributed by atoms with Gasteiger partial charge in [0, 0.05) is 26.2 Å². The van der Waals surface area contributed by atoms with Crippen molar-refractivity contribution in [1.82, 2.24) is 9.80 Å². The van der Waals surface area contributed by atoms with Gasteiger partial charge in [-0.05, 0) is 27.0 Å². The maximum atomic E-state index is 11.8. The average Bonchev–Trinajstić information content (AvgIpc) is 2.35. The zero-order valence-corrected chi connectivity index (χ0v) is 12.9. The van der Waals surface area contributed by atoms with Gasteiger partial charge in [0.2, 0.25) is 0 Å². The molecule has 2 N–H and O–H groups in total. The maximum Gasteiger partial charge on any atom is 0.410 e. The monoisotopic (exact) mass is 288 g/mol. The van der Waals surface area contributed by atoms with E-state index in [-0.39, 0.29) is 18.4 Å². The Labute approximate surface area is 119 Å². The molecule has 7 heteroatoms. The van der Waals surface area contributed by atoms with E-state index in [2.05, 4.69) is 9.89 Å². The van der Waals surface area contributed by atoms with Crippen LogP contribution in [0, 0.1) is 0 Å². The van der Waals surface area contributed by atoms with E-state index in [9.17, 15) is 4.79 Å². The first-order chi connectivity index (χ1) is 8.93. The molecular formula is C12H24N4O2S. The van der Waals surface area contributed by atoms with E-state index in [1.54, 1.807) is 16.7 Å². The van der Waals surface area contributed by atoms with Gasteiger partial charge in [-0.15, -0.1) is 0 Å². The minimum absolute atomic E-state index is 0.0769. The Bertz CT molecular complexity index is 326. The van der Waals surface area contributed by atoms with Crippen LogP contribution in [-0.2, 0) is 4.74 Å². The Morgan fingerprint density at radius 2 is 1.74 bits per heavy atom. The van der Waals surface area contributed by atoms with Crippen LogP contribution in [0.3, 0.4) is 0 Å². The van der Waals surface area contributed by atoms with Crippen LogP contribution in [0.4, 0.5) is 4.79 Å². The van der Waals surface area contributed by atoms with E-state index in [1.165, 1.54) is 0 Å². The fraction of sp³-hybridized carbons (Fsp3) is 0.833. The number of ether oxygens (including phenoxy) is 1. The first-order valence-electron chi connectivity index (χ1n) is 6.52. The van der Waals surface area contributed by atoms with Crippen molar-refractivity contribution in [3.63, 3.8) is 0 Å². The third-order valence-electron chi connectivity index (χ3n) is 2.64. The van der Waals surface area contributed by atoms with Crippen LogP contribution in [0.5, 0.6) is 0 Å². The lowest BCUT2D eigenvalue weighted by Crippen LogP contribution is -2.50. The molecule has 0 aromatic carbocycles. The number of carbonyl (C=O) groups is 1. The molecule has 1 rings (SSSR count). The van der Waals surface area contributed by atoms with E-state index in [4.69, 9.17) is 10.5 Å². The van der Waals surface area contributed by atoms with Crippen molar-refractivity contribution in [2.45, 2.75) is 33.0 Å². The molecule has 19 heavy (non-hydrogen) atoms. The van der Waals surface area contributed by atoms with Crippen molar-refractivity contribution in [2.75, 3.05) is 32.4 Å². The topological polar surface area (TPSA) is 71.2 Å². The lowest BCUT2D eigenvalue weighted by Gasteiger charge is -2.35. The molecule has 0 radical (unpaired) electrons. The van der Waals surface area contributed by atoms with E-state index in [0.717, 1.165) is 18.3 Å². The summed E-state index contributed by atoms with van der Waals surface area (Å²) in [4.78, 5) is 20.0. The van der Waals surface area contributed by atoms with E-state index in [0.29, 0.717) is 13.1 Å². The third-order valence-corrected chi connectivity index (χ3v) is 3.37. The highest BCUT2D eigenvalue weighted by Crippen LogP contribution is 2.11. The summed E-state index contributed by atoms with van der Waals surface area (Å²) in [7, 11) is 0. The number of hydrogen-bond acceptors (Lipinski definition) is 5. The predicted molar refractivity (Wildman–Crippen MR) is 79.4 cm³/mol. The van der Waals surface area contributed by atoms with Crippen molar-refractivity contribution in [2.24, 2.45) is 10.7 Å². The van der Waals surface area contributed by atoms with E-state index >= 15 is 0 Å². The number of aliphatic imine (C=N–C) groups is 1. The van der Waals surface area contributed by atoms with E-state index in [1.807, 2.05) is 27.0 Å². The summed E-state index contributed by atoms with van der Waals surface area (Å²) < 4.78 is 5.19. The summed E-state index contributed by atoms with van der Waals surface area (Å²) in [5.41, 5.74) is 5.69. The van der Waals surface area contributed by atoms with E-state index < -0.39 is 0 Å². The lowest BCUT2D eigenvalue weighted by molar-refractivity contribution is 0.0659. The zero-order chi connectivity index (χ0) is 14.4. The van der Waals surface area contributed by atoms with Crippen molar-refractivity contribution < 1.29 is 9.53 Å². The zero-order valence-electron chi connectivity index (χ0n) is 12.1. The van der Waals surface area contributed by atoms with Gasteiger partial charge < -0.3 is 20.3 Å². The summed E-state index contributed by atoms with van der Waals surface area (Å²) >= 11 is 1.59. The SMILES string of the molecule is CS/C(=N\C(C)N)N1CCN(C(=O)OC(C)C)CC1. The van der Waals surface area contributed by atoms with Crippen LogP contribution in [0.2, 0.25) is 0 Å². The highest BCUT2D eigenvalue weighted by molar-refractivity contribution is 8.13. The van der Waals surface area contributed by atoms with Gasteiger partial charge in [0.1, 0.15) is 0 Å². The number of piperazine rings is 1. The molecule has 1 saturated heterocycles. The predicted octanol–water partition coefficient (Wildman–Crippen LogP) is 1.17. The standard InChI is InChI=1S/C12H24N4O2S/c1-9(2)18-12(17)16-7-5-15(6-8-16)11(19-4)14-10(3)13/h9-10H,5-8,13H2,1-4H3/b14-11-. The van der Waals surface area contributed by atoms with Gasteiger partial charge in [-0.25, -0.2) is 9.79 Å². The summed E-state index contributed by atoms with van der Waals surface area (Å²) in [5, 5.41) is 0.937. The summed E-state index contributed by atoms with van der Waals surface area (Å²) in [6, 6.07) is 0. The van der Waals surface area contributed by atoms with Gasteiger partial charge in [-0.2, -0.15) is 0 Å². The van der Waals surface area contributed by atoms with Crippen molar-refractivity contribution in [3.05, 3.63) is 0 Å². The Morgan fingerprint density at radius 3 is 2.16 bits per heavy atom. The highest BCUT2D eigenvalue weighted by atomic mass is 32.2. The molecule has 1 heterocycles. The molecule has 0 aromatic heterocycles. The Hall–Kier alpha value is -0.950. The maximum absolute atomic E-state index is 11.8. The molecule has 0 spiro atoms. The Morgan fingerprint density at radius 1 is 1.21 bits per heavy atom. The molecule has 1 aliphatic heterocycles. The van der Waals surface area contributed by atoms with Gasteiger partial charge in [-0.3, -0.25) is 0 Å². The molecule has 1 unspecified atom stereocenters. The Kier molecular flexibility index (Phi) is 6.44. The minimum Gasteiger partial charge on any atom is -0.447 e. The molecule has 0 bridgehead atoms. The van der Waals surface area contributed by atoms with Gasteiger partial charge in [-0.1, -0.05) is 11.8 Å². The normalized spacial score (nSPS) is 18.7. The highest BCUT2D eigenvalue weighted by Gasteiger charge is 2.24. The van der Waals surface area contributed by atoms with Gasteiger partial charge >= 0.3 is 6.09 Å². The number of nitrogens with two attached hydrogens (primary N) is 1. The number of nitrogens with zero attached hydrogens (tertiary/aromatic N) is 3. The number of thioether (sulfide) groups is 1. The Balaban J connectivity index is 2.50. The number of carbonyl (C=O) groups excluding carboxylic acids is 1. The fourth-order valence-corrected chi connectivity index (χ4v) is 2.51. The van der Waals surface area contributed by atoms with Crippen LogP contribution in [0.25, 0.3) is 0 Å². The lowest BCUT2D eigenvalue weighted by atomic mass is 10.3. The molecule has 110 valence electrons. The number of amides is 1. The third kappa shape index (κ3) is 5.28. The average molecular weight is 288 g/mol. The quantitative estimate of drug-likeness (QED) is 0.610. The van der Waals surface area contributed by atoms with Crippen molar-refractivity contribution >= 4 is 23.0 Å². The van der Waals surface area contributed by atoms with Crippen LogP contribution in [0.15, 0.2) is 4.99 Å².